The molecule has 0 aliphatic heterocycles. The van der Waals surface area contributed by atoms with Crippen LogP contribution in [0.1, 0.15) is 19.3 Å². The second kappa shape index (κ2) is 7.88. The molecule has 4 nitrogen and oxygen atoms in total. The number of rotatable bonds is 8. The lowest BCUT2D eigenvalue weighted by Gasteiger charge is -2.25. The third kappa shape index (κ3) is 4.12. The molecule has 0 aromatic carbocycles. The molecule has 1 heterocycles. The largest absolute Gasteiger partial charge is 0.379 e. The summed E-state index contributed by atoms with van der Waals surface area (Å²) in [5.41, 5.74) is 0.596. The van der Waals surface area contributed by atoms with Crippen LogP contribution in [-0.2, 0) is 6.54 Å². The van der Waals surface area contributed by atoms with Crippen LogP contribution >= 0.6 is 27.7 Å². The van der Waals surface area contributed by atoms with Crippen molar-refractivity contribution >= 4 is 33.4 Å². The van der Waals surface area contributed by atoms with E-state index >= 15 is 0 Å². The number of aromatic nitrogens is 2. The van der Waals surface area contributed by atoms with E-state index in [0.29, 0.717) is 11.6 Å². The number of anilines is 1. The van der Waals surface area contributed by atoms with Crippen LogP contribution in [-0.4, -0.2) is 27.8 Å². The van der Waals surface area contributed by atoms with Gasteiger partial charge in [0.1, 0.15) is 5.69 Å². The monoisotopic (exact) mass is 357 g/mol. The molecule has 1 aliphatic carbocycles. The lowest BCUT2D eigenvalue weighted by atomic mass is 9.85. The van der Waals surface area contributed by atoms with Crippen LogP contribution in [0, 0.1) is 5.92 Å². The predicted molar refractivity (Wildman–Crippen MR) is 89.5 cm³/mol. The molecule has 0 spiro atoms. The Hall–Kier alpha value is -0.750. The van der Waals surface area contributed by atoms with Crippen molar-refractivity contribution in [3.05, 3.63) is 33.7 Å². The second-order valence-corrected chi connectivity index (χ2v) is 6.95. The maximum absolute atomic E-state index is 12.4. The lowest BCUT2D eigenvalue weighted by molar-refractivity contribution is 0.262. The van der Waals surface area contributed by atoms with Crippen LogP contribution in [0.4, 0.5) is 5.69 Å². The van der Waals surface area contributed by atoms with Gasteiger partial charge in [-0.05, 0) is 34.7 Å². The van der Waals surface area contributed by atoms with Gasteiger partial charge in [0.25, 0.3) is 5.56 Å². The lowest BCUT2D eigenvalue weighted by Crippen LogP contribution is -2.31. The van der Waals surface area contributed by atoms with Crippen LogP contribution in [0.5, 0.6) is 0 Å². The maximum Gasteiger partial charge on any atom is 0.291 e. The summed E-state index contributed by atoms with van der Waals surface area (Å²) in [6.07, 6.45) is 7.30. The Morgan fingerprint density at radius 2 is 2.40 bits per heavy atom. The Balaban J connectivity index is 1.97. The predicted octanol–water partition coefficient (Wildman–Crippen LogP) is 3.14. The summed E-state index contributed by atoms with van der Waals surface area (Å²) < 4.78 is 2.33. The first-order valence-corrected chi connectivity index (χ1v) is 8.85. The minimum absolute atomic E-state index is 0.0278. The van der Waals surface area contributed by atoms with E-state index in [1.54, 1.807) is 22.6 Å². The molecule has 0 radical (unpaired) electrons. The summed E-state index contributed by atoms with van der Waals surface area (Å²) in [7, 11) is 0. The minimum Gasteiger partial charge on any atom is -0.379 e. The van der Waals surface area contributed by atoms with Crippen LogP contribution < -0.4 is 10.9 Å². The van der Waals surface area contributed by atoms with Gasteiger partial charge in [-0.15, -0.1) is 6.58 Å². The standard InChI is InChI=1S/C14H20BrN3OS/c1-2-7-20-8-6-16-13-12(15)9-17-18(14(13)19)10-11-4-3-5-11/h2,9,11,16H,1,3-8,10H2. The number of hydrogen-bond acceptors (Lipinski definition) is 4. The third-order valence-electron chi connectivity index (χ3n) is 3.44. The zero-order valence-electron chi connectivity index (χ0n) is 11.5. The van der Waals surface area contributed by atoms with Crippen molar-refractivity contribution in [1.82, 2.24) is 9.78 Å². The fourth-order valence-corrected chi connectivity index (χ4v) is 3.07. The number of thioether (sulfide) groups is 1. The highest BCUT2D eigenvalue weighted by Crippen LogP contribution is 2.27. The summed E-state index contributed by atoms with van der Waals surface area (Å²) in [6, 6.07) is 0. The van der Waals surface area contributed by atoms with Crippen LogP contribution in [0.3, 0.4) is 0 Å². The molecular weight excluding hydrogens is 338 g/mol. The van der Waals surface area contributed by atoms with E-state index in [2.05, 4.69) is 32.9 Å². The van der Waals surface area contributed by atoms with Gasteiger partial charge in [-0.1, -0.05) is 12.5 Å². The fourth-order valence-electron chi connectivity index (χ4n) is 2.09. The first-order chi connectivity index (χ1) is 9.72. The Labute approximate surface area is 132 Å². The van der Waals surface area contributed by atoms with Gasteiger partial charge in [0, 0.05) is 24.6 Å². The number of halogens is 1. The summed E-state index contributed by atoms with van der Waals surface area (Å²) in [5, 5.41) is 7.43. The molecule has 6 heteroatoms. The average molecular weight is 358 g/mol. The van der Waals surface area contributed by atoms with Crippen molar-refractivity contribution in [3.8, 4) is 0 Å². The summed E-state index contributed by atoms with van der Waals surface area (Å²) in [6.45, 7) is 5.19. The molecule has 0 bridgehead atoms. The number of nitrogens with one attached hydrogen (secondary N) is 1. The Kier molecular flexibility index (Phi) is 6.16. The molecule has 1 saturated carbocycles. The fraction of sp³-hybridized carbons (Fsp3) is 0.571. The number of nitrogens with zero attached hydrogens (tertiary/aromatic N) is 2. The van der Waals surface area contributed by atoms with Gasteiger partial charge in [0.05, 0.1) is 10.7 Å². The minimum atomic E-state index is -0.0278. The van der Waals surface area contributed by atoms with Crippen LogP contribution in [0.15, 0.2) is 28.1 Å². The van der Waals surface area contributed by atoms with Crippen LogP contribution in [0.25, 0.3) is 0 Å². The van der Waals surface area contributed by atoms with Crippen molar-refractivity contribution in [1.29, 1.82) is 0 Å². The maximum atomic E-state index is 12.4. The van der Waals surface area contributed by atoms with Crippen molar-refractivity contribution in [2.24, 2.45) is 5.92 Å². The smallest absolute Gasteiger partial charge is 0.291 e. The third-order valence-corrected chi connectivity index (χ3v) is 5.00. The zero-order valence-corrected chi connectivity index (χ0v) is 13.9. The highest BCUT2D eigenvalue weighted by Gasteiger charge is 2.20. The summed E-state index contributed by atoms with van der Waals surface area (Å²) in [4.78, 5) is 12.4. The molecule has 0 amide bonds. The van der Waals surface area contributed by atoms with Crippen molar-refractivity contribution in [3.63, 3.8) is 0 Å². The van der Waals surface area contributed by atoms with E-state index in [9.17, 15) is 4.79 Å². The van der Waals surface area contributed by atoms with E-state index in [1.165, 1.54) is 19.3 Å². The molecule has 1 aliphatic rings. The molecule has 0 saturated heterocycles. The highest BCUT2D eigenvalue weighted by atomic mass is 79.9. The first kappa shape index (κ1) is 15.6. The molecule has 1 aromatic rings. The van der Waals surface area contributed by atoms with Gasteiger partial charge >= 0.3 is 0 Å². The number of hydrogen-bond donors (Lipinski definition) is 1. The molecule has 2 rings (SSSR count). The van der Waals surface area contributed by atoms with Crippen molar-refractivity contribution < 1.29 is 0 Å². The van der Waals surface area contributed by atoms with Gasteiger partial charge in [-0.25, -0.2) is 4.68 Å². The summed E-state index contributed by atoms with van der Waals surface area (Å²) >= 11 is 5.19. The molecule has 1 fully saturated rings. The molecule has 20 heavy (non-hydrogen) atoms. The quantitative estimate of drug-likeness (QED) is 0.573. The highest BCUT2D eigenvalue weighted by molar-refractivity contribution is 9.10. The van der Waals surface area contributed by atoms with Gasteiger partial charge in [-0.2, -0.15) is 16.9 Å². The Bertz CT molecular complexity index is 514. The average Bonchev–Trinajstić information content (AvgIpc) is 2.39. The van der Waals surface area contributed by atoms with E-state index in [-0.39, 0.29) is 5.56 Å². The first-order valence-electron chi connectivity index (χ1n) is 6.90. The Morgan fingerprint density at radius 1 is 1.60 bits per heavy atom. The van der Waals surface area contributed by atoms with E-state index in [1.807, 2.05) is 6.08 Å². The Morgan fingerprint density at radius 3 is 3.05 bits per heavy atom. The molecule has 110 valence electrons. The molecule has 0 unspecified atom stereocenters. The van der Waals surface area contributed by atoms with E-state index in [0.717, 1.165) is 29.1 Å². The van der Waals surface area contributed by atoms with Gasteiger partial charge < -0.3 is 5.32 Å². The zero-order chi connectivity index (χ0) is 14.4. The van der Waals surface area contributed by atoms with Gasteiger partial charge in [0.2, 0.25) is 0 Å². The second-order valence-electron chi connectivity index (χ2n) is 4.94. The van der Waals surface area contributed by atoms with Gasteiger partial charge in [0.15, 0.2) is 0 Å². The van der Waals surface area contributed by atoms with E-state index in [4.69, 9.17) is 0 Å². The normalized spacial score (nSPS) is 14.8. The van der Waals surface area contributed by atoms with Crippen molar-refractivity contribution in [2.75, 3.05) is 23.4 Å². The topological polar surface area (TPSA) is 46.9 Å². The SMILES string of the molecule is C=CCSCCNc1c(Br)cnn(CC2CCC2)c1=O. The van der Waals surface area contributed by atoms with Crippen molar-refractivity contribution in [2.45, 2.75) is 25.8 Å². The molecular formula is C14H20BrN3OS. The molecule has 1 N–H and O–H groups in total. The van der Waals surface area contributed by atoms with E-state index < -0.39 is 0 Å². The molecule has 1 aromatic heterocycles. The molecule has 0 atom stereocenters. The van der Waals surface area contributed by atoms with Crippen LogP contribution in [0.2, 0.25) is 0 Å². The summed E-state index contributed by atoms with van der Waals surface area (Å²) in [5.74, 6) is 2.51. The van der Waals surface area contributed by atoms with Gasteiger partial charge in [-0.3, -0.25) is 4.79 Å².